The van der Waals surface area contributed by atoms with Gasteiger partial charge in [-0.15, -0.1) is 0 Å². The largest absolute Gasteiger partial charge is 0.284 e. The monoisotopic (exact) mass is 242 g/mol. The summed E-state index contributed by atoms with van der Waals surface area (Å²) in [5, 5.41) is 9.55. The number of aryl methyl sites for hydroxylation is 1. The molecule has 0 bridgehead atoms. The number of likely N-dealkylation sites (tertiary alicyclic amines) is 1. The number of rotatable bonds is 3. The molecule has 2 heteroatoms. The summed E-state index contributed by atoms with van der Waals surface area (Å²) < 4.78 is 0. The third-order valence-electron chi connectivity index (χ3n) is 3.86. The quantitative estimate of drug-likeness (QED) is 0.808. The molecule has 1 saturated heterocycles. The van der Waals surface area contributed by atoms with E-state index >= 15 is 0 Å². The summed E-state index contributed by atoms with van der Waals surface area (Å²) in [6.07, 6.45) is 6.08. The van der Waals surface area contributed by atoms with Crippen molar-refractivity contribution >= 4 is 0 Å². The fraction of sp³-hybridized carbons (Fsp3) is 0.562. The molecule has 18 heavy (non-hydrogen) atoms. The van der Waals surface area contributed by atoms with Crippen LogP contribution in [0, 0.1) is 11.3 Å². The molecule has 0 saturated carbocycles. The van der Waals surface area contributed by atoms with Gasteiger partial charge in [0.25, 0.3) is 0 Å². The van der Waals surface area contributed by atoms with Crippen LogP contribution in [0.25, 0.3) is 0 Å². The van der Waals surface area contributed by atoms with Crippen LogP contribution in [0.3, 0.4) is 0 Å². The van der Waals surface area contributed by atoms with Crippen LogP contribution < -0.4 is 0 Å². The fourth-order valence-corrected chi connectivity index (χ4v) is 2.82. The zero-order valence-corrected chi connectivity index (χ0v) is 11.2. The molecule has 0 aromatic heterocycles. The van der Waals surface area contributed by atoms with Gasteiger partial charge < -0.3 is 0 Å². The van der Waals surface area contributed by atoms with Gasteiger partial charge in [0.2, 0.25) is 0 Å². The van der Waals surface area contributed by atoms with Crippen molar-refractivity contribution in [2.24, 2.45) is 0 Å². The fourth-order valence-electron chi connectivity index (χ4n) is 2.82. The van der Waals surface area contributed by atoms with Crippen LogP contribution in [0.4, 0.5) is 0 Å². The molecule has 2 rings (SSSR count). The van der Waals surface area contributed by atoms with Crippen LogP contribution in [0.1, 0.15) is 49.8 Å². The average Bonchev–Trinajstić information content (AvgIpc) is 2.69. The molecule has 96 valence electrons. The Kier molecular flexibility index (Phi) is 4.78. The maximum Gasteiger partial charge on any atom is 0.124 e. The maximum atomic E-state index is 9.55. The van der Waals surface area contributed by atoms with Crippen LogP contribution in [0.15, 0.2) is 24.3 Å². The smallest absolute Gasteiger partial charge is 0.124 e. The van der Waals surface area contributed by atoms with Crippen LogP contribution in [-0.2, 0) is 6.42 Å². The molecule has 0 aliphatic carbocycles. The highest BCUT2D eigenvalue weighted by atomic mass is 15.2. The minimum atomic E-state index is -0.0563. The molecular formula is C16H22N2. The van der Waals surface area contributed by atoms with E-state index in [1.807, 2.05) is 0 Å². The van der Waals surface area contributed by atoms with Gasteiger partial charge in [0.05, 0.1) is 6.07 Å². The molecule has 0 N–H and O–H groups in total. The highest BCUT2D eigenvalue weighted by Gasteiger charge is 2.22. The first-order chi connectivity index (χ1) is 8.86. The van der Waals surface area contributed by atoms with E-state index in [2.05, 4.69) is 42.2 Å². The molecule has 1 aliphatic heterocycles. The minimum Gasteiger partial charge on any atom is -0.284 e. The van der Waals surface area contributed by atoms with Crippen LogP contribution in [-0.4, -0.2) is 18.0 Å². The van der Waals surface area contributed by atoms with Gasteiger partial charge in [0.15, 0.2) is 0 Å². The van der Waals surface area contributed by atoms with E-state index in [0.717, 1.165) is 19.5 Å². The van der Waals surface area contributed by atoms with Gasteiger partial charge in [-0.05, 0) is 43.5 Å². The van der Waals surface area contributed by atoms with Crippen molar-refractivity contribution in [1.82, 2.24) is 4.90 Å². The average molecular weight is 242 g/mol. The number of hydrogen-bond acceptors (Lipinski definition) is 2. The lowest BCUT2D eigenvalue weighted by Gasteiger charge is -2.27. The van der Waals surface area contributed by atoms with Crippen molar-refractivity contribution in [3.8, 4) is 6.07 Å². The molecule has 1 aromatic carbocycles. The Balaban J connectivity index is 2.24. The Hall–Kier alpha value is -1.33. The number of nitriles is 1. The molecule has 1 aliphatic rings. The molecule has 0 radical (unpaired) electrons. The predicted octanol–water partition coefficient (Wildman–Crippen LogP) is 3.69. The topological polar surface area (TPSA) is 27.0 Å². The van der Waals surface area contributed by atoms with Crippen molar-refractivity contribution in [2.45, 2.75) is 45.1 Å². The second kappa shape index (κ2) is 6.56. The Morgan fingerprint density at radius 3 is 2.44 bits per heavy atom. The van der Waals surface area contributed by atoms with E-state index in [0.29, 0.717) is 0 Å². The zero-order chi connectivity index (χ0) is 12.8. The summed E-state index contributed by atoms with van der Waals surface area (Å²) in [5.41, 5.74) is 2.53. The number of hydrogen-bond donors (Lipinski definition) is 0. The summed E-state index contributed by atoms with van der Waals surface area (Å²) >= 11 is 0. The highest BCUT2D eigenvalue weighted by molar-refractivity contribution is 5.33. The third kappa shape index (κ3) is 2.91. The van der Waals surface area contributed by atoms with Gasteiger partial charge in [-0.25, -0.2) is 0 Å². The second-order valence-corrected chi connectivity index (χ2v) is 5.03. The maximum absolute atomic E-state index is 9.55. The van der Waals surface area contributed by atoms with Gasteiger partial charge in [-0.3, -0.25) is 4.90 Å². The van der Waals surface area contributed by atoms with Gasteiger partial charge in [-0.1, -0.05) is 44.0 Å². The van der Waals surface area contributed by atoms with E-state index in [4.69, 9.17) is 0 Å². The molecule has 1 heterocycles. The Morgan fingerprint density at radius 1 is 1.17 bits per heavy atom. The van der Waals surface area contributed by atoms with Gasteiger partial charge in [0, 0.05) is 0 Å². The normalized spacial score (nSPS) is 18.9. The van der Waals surface area contributed by atoms with E-state index in [1.54, 1.807) is 0 Å². The minimum absolute atomic E-state index is 0.0563. The molecule has 2 nitrogen and oxygen atoms in total. The highest BCUT2D eigenvalue weighted by Crippen LogP contribution is 2.26. The van der Waals surface area contributed by atoms with Crippen molar-refractivity contribution in [2.75, 3.05) is 13.1 Å². The van der Waals surface area contributed by atoms with Crippen molar-refractivity contribution < 1.29 is 0 Å². The van der Waals surface area contributed by atoms with E-state index in [9.17, 15) is 5.26 Å². The molecule has 1 fully saturated rings. The van der Waals surface area contributed by atoms with Crippen LogP contribution in [0.2, 0.25) is 0 Å². The number of benzene rings is 1. The lowest BCUT2D eigenvalue weighted by atomic mass is 9.98. The molecule has 1 unspecified atom stereocenters. The summed E-state index contributed by atoms with van der Waals surface area (Å²) in [5.74, 6) is 0. The second-order valence-electron chi connectivity index (χ2n) is 5.03. The first-order valence-corrected chi connectivity index (χ1v) is 7.08. The Morgan fingerprint density at radius 2 is 1.83 bits per heavy atom. The summed E-state index contributed by atoms with van der Waals surface area (Å²) in [4.78, 5) is 2.36. The van der Waals surface area contributed by atoms with Crippen molar-refractivity contribution in [3.63, 3.8) is 0 Å². The number of nitrogens with zero attached hydrogens (tertiary/aromatic N) is 2. The zero-order valence-electron chi connectivity index (χ0n) is 11.2. The Labute approximate surface area is 110 Å². The van der Waals surface area contributed by atoms with Crippen molar-refractivity contribution in [1.29, 1.82) is 5.26 Å². The van der Waals surface area contributed by atoms with E-state index < -0.39 is 0 Å². The molecule has 1 atom stereocenters. The SMILES string of the molecule is CCc1ccccc1C(C#N)N1CCCCCC1. The van der Waals surface area contributed by atoms with Crippen LogP contribution in [0.5, 0.6) is 0 Å². The summed E-state index contributed by atoms with van der Waals surface area (Å²) in [6.45, 7) is 4.29. The standard InChI is InChI=1S/C16H22N2/c1-2-14-9-5-6-10-15(14)16(13-17)18-11-7-3-4-8-12-18/h5-6,9-10,16H,2-4,7-8,11-12H2,1H3. The molecule has 0 spiro atoms. The molecule has 1 aromatic rings. The van der Waals surface area contributed by atoms with E-state index in [-0.39, 0.29) is 6.04 Å². The summed E-state index contributed by atoms with van der Waals surface area (Å²) in [6, 6.07) is 10.9. The lowest BCUT2D eigenvalue weighted by Crippen LogP contribution is -2.29. The first-order valence-electron chi connectivity index (χ1n) is 7.08. The lowest BCUT2D eigenvalue weighted by molar-refractivity contribution is 0.245. The van der Waals surface area contributed by atoms with Crippen LogP contribution >= 0.6 is 0 Å². The first kappa shape index (κ1) is 13.1. The third-order valence-corrected chi connectivity index (χ3v) is 3.86. The molecular weight excluding hydrogens is 220 g/mol. The summed E-state index contributed by atoms with van der Waals surface area (Å²) in [7, 11) is 0. The van der Waals surface area contributed by atoms with Gasteiger partial charge in [0.1, 0.15) is 6.04 Å². The van der Waals surface area contributed by atoms with Gasteiger partial charge in [-0.2, -0.15) is 5.26 Å². The molecule has 0 amide bonds. The van der Waals surface area contributed by atoms with E-state index in [1.165, 1.54) is 36.8 Å². The van der Waals surface area contributed by atoms with Crippen molar-refractivity contribution in [3.05, 3.63) is 35.4 Å². The Bertz CT molecular complexity index is 411. The predicted molar refractivity (Wildman–Crippen MR) is 74.2 cm³/mol. The van der Waals surface area contributed by atoms with Gasteiger partial charge >= 0.3 is 0 Å².